The van der Waals surface area contributed by atoms with Crippen LogP contribution in [-0.4, -0.2) is 42.7 Å². The van der Waals surface area contributed by atoms with Crippen LogP contribution in [0.3, 0.4) is 0 Å². The van der Waals surface area contributed by atoms with Crippen molar-refractivity contribution >= 4 is 11.7 Å². The largest absolute Gasteiger partial charge is 0.433 e. The molecule has 2 rings (SSSR count). The van der Waals surface area contributed by atoms with E-state index in [-0.39, 0.29) is 17.4 Å². The lowest BCUT2D eigenvalue weighted by Gasteiger charge is -2.33. The van der Waals surface area contributed by atoms with Crippen molar-refractivity contribution in [2.75, 3.05) is 25.2 Å². The van der Waals surface area contributed by atoms with Crippen LogP contribution in [-0.2, 0) is 10.9 Å². The Balaban J connectivity index is 2.43. The van der Waals surface area contributed by atoms with E-state index in [0.717, 1.165) is 12.1 Å². The smallest absolute Gasteiger partial charge is 0.381 e. The SMILES string of the molecule is C#CC(C)(C)NC(=O)c1ccc(C(F)(F)F)nc1N(C)C1CCOCC1. The molecule has 8 heteroatoms. The maximum atomic E-state index is 13.1. The van der Waals surface area contributed by atoms with Gasteiger partial charge in [-0.2, -0.15) is 13.2 Å². The minimum atomic E-state index is -4.60. The van der Waals surface area contributed by atoms with Crippen molar-refractivity contribution in [1.29, 1.82) is 0 Å². The maximum absolute atomic E-state index is 13.1. The van der Waals surface area contributed by atoms with E-state index >= 15 is 0 Å². The molecule has 1 aliphatic rings. The third kappa shape index (κ3) is 4.67. The normalized spacial score (nSPS) is 16.0. The molecule has 0 atom stereocenters. The number of carbonyl (C=O) groups excluding carboxylic acids is 1. The molecule has 1 aromatic heterocycles. The maximum Gasteiger partial charge on any atom is 0.433 e. The van der Waals surface area contributed by atoms with Gasteiger partial charge in [0.05, 0.1) is 11.1 Å². The number of ether oxygens (including phenoxy) is 1. The Morgan fingerprint density at radius 3 is 2.50 bits per heavy atom. The van der Waals surface area contributed by atoms with Crippen LogP contribution >= 0.6 is 0 Å². The van der Waals surface area contributed by atoms with Crippen LogP contribution in [0.25, 0.3) is 0 Å². The van der Waals surface area contributed by atoms with Gasteiger partial charge in [0.15, 0.2) is 0 Å². The molecular formula is C18H22F3N3O2. The van der Waals surface area contributed by atoms with E-state index < -0.39 is 23.3 Å². The number of amides is 1. The summed E-state index contributed by atoms with van der Waals surface area (Å²) in [7, 11) is 1.64. The highest BCUT2D eigenvalue weighted by atomic mass is 19.4. The second-order valence-corrected chi connectivity index (χ2v) is 6.74. The Kier molecular flexibility index (Phi) is 5.81. The second-order valence-electron chi connectivity index (χ2n) is 6.74. The van der Waals surface area contributed by atoms with E-state index in [0.29, 0.717) is 26.1 Å². The number of halogens is 3. The van der Waals surface area contributed by atoms with Crippen LogP contribution in [0.1, 0.15) is 42.7 Å². The van der Waals surface area contributed by atoms with Gasteiger partial charge in [0, 0.05) is 26.3 Å². The summed E-state index contributed by atoms with van der Waals surface area (Å²) in [5, 5.41) is 2.63. The van der Waals surface area contributed by atoms with Crippen LogP contribution in [0.2, 0.25) is 0 Å². The molecule has 0 unspecified atom stereocenters. The minimum Gasteiger partial charge on any atom is -0.381 e. The number of nitrogens with zero attached hydrogens (tertiary/aromatic N) is 2. The first-order valence-corrected chi connectivity index (χ1v) is 8.24. The molecule has 2 heterocycles. The van der Waals surface area contributed by atoms with Gasteiger partial charge in [-0.05, 0) is 38.8 Å². The predicted molar refractivity (Wildman–Crippen MR) is 91.9 cm³/mol. The van der Waals surface area contributed by atoms with Crippen molar-refractivity contribution in [2.24, 2.45) is 0 Å². The molecule has 26 heavy (non-hydrogen) atoms. The van der Waals surface area contributed by atoms with Crippen LogP contribution in [0, 0.1) is 12.3 Å². The summed E-state index contributed by atoms with van der Waals surface area (Å²) in [6.45, 7) is 4.29. The van der Waals surface area contributed by atoms with Crippen LogP contribution in [0.15, 0.2) is 12.1 Å². The van der Waals surface area contributed by atoms with E-state index in [4.69, 9.17) is 11.2 Å². The Hall–Kier alpha value is -2.27. The average molecular weight is 369 g/mol. The van der Waals surface area contributed by atoms with Crippen molar-refractivity contribution in [3.8, 4) is 12.3 Å². The molecule has 1 N–H and O–H groups in total. The summed E-state index contributed by atoms with van der Waals surface area (Å²) in [4.78, 5) is 18.0. The fraction of sp³-hybridized carbons (Fsp3) is 0.556. The van der Waals surface area contributed by atoms with Gasteiger partial charge in [-0.1, -0.05) is 5.92 Å². The summed E-state index contributed by atoms with van der Waals surface area (Å²) in [6.07, 6.45) is 2.06. The fourth-order valence-corrected chi connectivity index (χ4v) is 2.68. The Morgan fingerprint density at radius 1 is 1.35 bits per heavy atom. The zero-order chi connectivity index (χ0) is 19.5. The molecule has 142 valence electrons. The summed E-state index contributed by atoms with van der Waals surface area (Å²) in [5.41, 5.74) is -1.93. The molecule has 0 radical (unpaired) electrons. The topological polar surface area (TPSA) is 54.5 Å². The highest BCUT2D eigenvalue weighted by Crippen LogP contribution is 2.32. The van der Waals surface area contributed by atoms with Crippen molar-refractivity contribution in [3.63, 3.8) is 0 Å². The molecule has 1 aliphatic heterocycles. The fourth-order valence-electron chi connectivity index (χ4n) is 2.68. The number of anilines is 1. The third-order valence-corrected chi connectivity index (χ3v) is 4.27. The number of alkyl halides is 3. The van der Waals surface area contributed by atoms with Gasteiger partial charge >= 0.3 is 6.18 Å². The van der Waals surface area contributed by atoms with Gasteiger partial charge < -0.3 is 15.0 Å². The predicted octanol–water partition coefficient (Wildman–Crippen LogP) is 2.86. The van der Waals surface area contributed by atoms with E-state index in [1.54, 1.807) is 25.8 Å². The van der Waals surface area contributed by atoms with E-state index in [9.17, 15) is 18.0 Å². The molecule has 1 saturated heterocycles. The van der Waals surface area contributed by atoms with Crippen molar-refractivity contribution in [2.45, 2.75) is 44.4 Å². The van der Waals surface area contributed by atoms with E-state index in [1.165, 1.54) is 0 Å². The first-order chi connectivity index (χ1) is 12.0. The standard InChI is InChI=1S/C18H22F3N3O2/c1-5-17(2,3)23-16(25)13-6-7-14(18(19,20)21)22-15(13)24(4)12-8-10-26-11-9-12/h1,6-7,12H,8-11H2,2-4H3,(H,23,25). The van der Waals surface area contributed by atoms with Gasteiger partial charge in [0.25, 0.3) is 5.91 Å². The lowest BCUT2D eigenvalue weighted by Crippen LogP contribution is -2.44. The van der Waals surface area contributed by atoms with Gasteiger partial charge in [-0.3, -0.25) is 4.79 Å². The van der Waals surface area contributed by atoms with Crippen molar-refractivity contribution < 1.29 is 22.7 Å². The van der Waals surface area contributed by atoms with Crippen LogP contribution in [0.4, 0.5) is 19.0 Å². The number of nitrogens with one attached hydrogen (secondary N) is 1. The monoisotopic (exact) mass is 369 g/mol. The molecule has 0 aliphatic carbocycles. The molecule has 5 nitrogen and oxygen atoms in total. The van der Waals surface area contributed by atoms with E-state index in [2.05, 4.69) is 16.2 Å². The molecule has 1 fully saturated rings. The molecule has 1 aromatic rings. The number of hydrogen-bond acceptors (Lipinski definition) is 4. The first kappa shape index (κ1) is 20.0. The van der Waals surface area contributed by atoms with Crippen LogP contribution < -0.4 is 10.2 Å². The zero-order valence-corrected chi connectivity index (χ0v) is 15.0. The number of pyridine rings is 1. The molecule has 0 bridgehead atoms. The van der Waals surface area contributed by atoms with Gasteiger partial charge in [0.2, 0.25) is 0 Å². The third-order valence-electron chi connectivity index (χ3n) is 4.27. The van der Waals surface area contributed by atoms with E-state index in [1.807, 2.05) is 0 Å². The lowest BCUT2D eigenvalue weighted by molar-refractivity contribution is -0.141. The highest BCUT2D eigenvalue weighted by molar-refractivity contribution is 5.99. The first-order valence-electron chi connectivity index (χ1n) is 8.24. The molecule has 0 saturated carbocycles. The van der Waals surface area contributed by atoms with Crippen LogP contribution in [0.5, 0.6) is 0 Å². The summed E-state index contributed by atoms with van der Waals surface area (Å²) in [6, 6.07) is 1.88. The number of carbonyl (C=O) groups is 1. The Bertz CT molecular complexity index is 705. The molecule has 0 spiro atoms. The van der Waals surface area contributed by atoms with Gasteiger partial charge in [-0.25, -0.2) is 4.98 Å². The zero-order valence-electron chi connectivity index (χ0n) is 15.0. The number of terminal acetylenes is 1. The number of aromatic nitrogens is 1. The van der Waals surface area contributed by atoms with Crippen molar-refractivity contribution in [1.82, 2.24) is 10.3 Å². The quantitative estimate of drug-likeness (QED) is 0.830. The Labute approximate surface area is 150 Å². The second kappa shape index (κ2) is 7.54. The minimum absolute atomic E-state index is 0.0166. The number of rotatable bonds is 4. The lowest BCUT2D eigenvalue weighted by atomic mass is 10.0. The van der Waals surface area contributed by atoms with Gasteiger partial charge in [0.1, 0.15) is 11.5 Å². The van der Waals surface area contributed by atoms with Gasteiger partial charge in [-0.15, -0.1) is 6.42 Å². The van der Waals surface area contributed by atoms with Crippen molar-refractivity contribution in [3.05, 3.63) is 23.4 Å². The molecule has 0 aromatic carbocycles. The summed E-state index contributed by atoms with van der Waals surface area (Å²) < 4.78 is 44.6. The molecular weight excluding hydrogens is 347 g/mol. The average Bonchev–Trinajstić information content (AvgIpc) is 2.60. The highest BCUT2D eigenvalue weighted by Gasteiger charge is 2.35. The molecule has 1 amide bonds. The Morgan fingerprint density at radius 2 is 1.96 bits per heavy atom. The summed E-state index contributed by atoms with van der Waals surface area (Å²) >= 11 is 0. The summed E-state index contributed by atoms with van der Waals surface area (Å²) in [5.74, 6) is 1.84. The number of hydrogen-bond donors (Lipinski definition) is 1.